The first-order valence-corrected chi connectivity index (χ1v) is 16.4. The zero-order valence-corrected chi connectivity index (χ0v) is 25.9. The van der Waals surface area contributed by atoms with Crippen LogP contribution in [0.2, 0.25) is 0 Å². The summed E-state index contributed by atoms with van der Waals surface area (Å²) in [6.07, 6.45) is 11.4. The Bertz CT molecular complexity index is 1440. The molecule has 3 aromatic rings. The highest BCUT2D eigenvalue weighted by Crippen LogP contribution is 2.66. The van der Waals surface area contributed by atoms with E-state index in [-0.39, 0.29) is 23.6 Å². The number of rotatable bonds is 12. The first kappa shape index (κ1) is 28.9. The molecule has 2 bridgehead atoms. The average molecular weight is 628 g/mol. The van der Waals surface area contributed by atoms with Crippen molar-refractivity contribution in [2.24, 2.45) is 11.8 Å². The molecule has 2 atom stereocenters. The topological polar surface area (TPSA) is 66.5 Å². The number of anilines is 2. The third-order valence-electron chi connectivity index (χ3n) is 9.43. The van der Waals surface area contributed by atoms with Gasteiger partial charge in [-0.3, -0.25) is 14.4 Å². The second kappa shape index (κ2) is 12.2. The normalized spacial score (nSPS) is 23.5. The van der Waals surface area contributed by atoms with Crippen LogP contribution in [0, 0.1) is 11.8 Å². The van der Waals surface area contributed by atoms with E-state index in [1.54, 1.807) is 24.3 Å². The second-order valence-electron chi connectivity index (χ2n) is 12.1. The summed E-state index contributed by atoms with van der Waals surface area (Å²) < 4.78 is -0.760. The molecule has 1 saturated heterocycles. The minimum absolute atomic E-state index is 0.00150. The number of hydrogen-bond donors (Lipinski definition) is 1. The van der Waals surface area contributed by atoms with Gasteiger partial charge in [-0.25, -0.2) is 4.90 Å². The van der Waals surface area contributed by atoms with Crippen molar-refractivity contribution in [3.05, 3.63) is 95.1 Å². The van der Waals surface area contributed by atoms with Crippen molar-refractivity contribution in [3.63, 3.8) is 0 Å². The molecule has 3 aliphatic carbocycles. The van der Waals surface area contributed by atoms with Gasteiger partial charge < -0.3 is 5.32 Å². The number of carbonyl (C=O) groups excluding carboxylic acids is 3. The lowest BCUT2D eigenvalue weighted by atomic mass is 9.55. The molecule has 4 aliphatic rings. The molecule has 6 heteroatoms. The third-order valence-corrected chi connectivity index (χ3v) is 10.8. The molecule has 0 unspecified atom stereocenters. The van der Waals surface area contributed by atoms with Crippen LogP contribution >= 0.6 is 15.9 Å². The SMILES string of the molecule is CCCCCCCCCCCC(=O)Nc1ccc(N2C(=O)[C@@H]3C4c5ccccc5C(Br)(c5ccccc54)[C@H]3C2=O)cc1. The van der Waals surface area contributed by atoms with Crippen LogP contribution in [0.15, 0.2) is 72.8 Å². The number of carbonyl (C=O) groups is 3. The molecule has 1 heterocycles. The molecule has 3 aromatic carbocycles. The lowest BCUT2D eigenvalue weighted by Gasteiger charge is -2.51. The lowest BCUT2D eigenvalue weighted by molar-refractivity contribution is -0.122. The number of nitrogens with one attached hydrogen (secondary N) is 1. The second-order valence-corrected chi connectivity index (χ2v) is 13.3. The largest absolute Gasteiger partial charge is 0.326 e. The predicted molar refractivity (Wildman–Crippen MR) is 171 cm³/mol. The first-order chi connectivity index (χ1) is 20.5. The molecule has 218 valence electrons. The number of unbranched alkanes of at least 4 members (excludes halogenated alkanes) is 8. The van der Waals surface area contributed by atoms with Crippen molar-refractivity contribution in [1.29, 1.82) is 0 Å². The summed E-state index contributed by atoms with van der Waals surface area (Å²) in [4.78, 5) is 42.0. The van der Waals surface area contributed by atoms with Gasteiger partial charge >= 0.3 is 0 Å². The van der Waals surface area contributed by atoms with Crippen LogP contribution in [-0.2, 0) is 18.7 Å². The van der Waals surface area contributed by atoms with Crippen molar-refractivity contribution < 1.29 is 14.4 Å². The smallest absolute Gasteiger partial charge is 0.239 e. The molecule has 7 rings (SSSR count). The number of benzene rings is 3. The van der Waals surface area contributed by atoms with Crippen molar-refractivity contribution in [2.75, 3.05) is 10.2 Å². The minimum atomic E-state index is -0.760. The van der Waals surface area contributed by atoms with Crippen LogP contribution in [0.5, 0.6) is 0 Å². The van der Waals surface area contributed by atoms with Gasteiger partial charge in [0, 0.05) is 18.0 Å². The van der Waals surface area contributed by atoms with Gasteiger partial charge in [-0.05, 0) is 52.9 Å². The summed E-state index contributed by atoms with van der Waals surface area (Å²) >= 11 is 4.04. The van der Waals surface area contributed by atoms with Gasteiger partial charge in [-0.1, -0.05) is 123 Å². The molecule has 1 aliphatic heterocycles. The van der Waals surface area contributed by atoms with Gasteiger partial charge in [0.15, 0.2) is 0 Å². The Balaban J connectivity index is 1.11. The molecule has 1 fully saturated rings. The van der Waals surface area contributed by atoms with Gasteiger partial charge in [0.1, 0.15) is 0 Å². The van der Waals surface area contributed by atoms with Crippen LogP contribution in [0.25, 0.3) is 0 Å². The van der Waals surface area contributed by atoms with E-state index >= 15 is 0 Å². The molecular formula is C36H39BrN2O3. The average Bonchev–Trinajstić information content (AvgIpc) is 3.28. The Hall–Kier alpha value is -3.25. The Labute approximate surface area is 257 Å². The quantitative estimate of drug-likeness (QED) is 0.125. The summed E-state index contributed by atoms with van der Waals surface area (Å²) in [6, 6.07) is 23.5. The molecule has 1 N–H and O–H groups in total. The monoisotopic (exact) mass is 626 g/mol. The zero-order chi connectivity index (χ0) is 29.3. The van der Waals surface area contributed by atoms with E-state index in [4.69, 9.17) is 0 Å². The highest BCUT2D eigenvalue weighted by Gasteiger charge is 2.67. The first-order valence-electron chi connectivity index (χ1n) is 15.6. The Morgan fingerprint density at radius 3 is 1.90 bits per heavy atom. The Morgan fingerprint density at radius 2 is 1.31 bits per heavy atom. The van der Waals surface area contributed by atoms with Gasteiger partial charge in [0.2, 0.25) is 17.7 Å². The van der Waals surface area contributed by atoms with Gasteiger partial charge in [0.25, 0.3) is 0 Å². The van der Waals surface area contributed by atoms with Gasteiger partial charge in [0.05, 0.1) is 21.8 Å². The maximum atomic E-state index is 14.1. The van der Waals surface area contributed by atoms with Crippen LogP contribution < -0.4 is 10.2 Å². The number of nitrogens with zero attached hydrogens (tertiary/aromatic N) is 1. The van der Waals surface area contributed by atoms with Crippen LogP contribution in [-0.4, -0.2) is 17.7 Å². The van der Waals surface area contributed by atoms with Gasteiger partial charge in [-0.2, -0.15) is 0 Å². The van der Waals surface area contributed by atoms with Crippen LogP contribution in [0.3, 0.4) is 0 Å². The summed E-state index contributed by atoms with van der Waals surface area (Å²) in [7, 11) is 0. The fourth-order valence-electron chi connectivity index (χ4n) is 7.45. The van der Waals surface area contributed by atoms with E-state index in [1.807, 2.05) is 24.3 Å². The number of amides is 3. The number of alkyl halides is 1. The van der Waals surface area contributed by atoms with E-state index in [2.05, 4.69) is 52.4 Å². The summed E-state index contributed by atoms with van der Waals surface area (Å²) in [6.45, 7) is 2.24. The maximum absolute atomic E-state index is 14.1. The van der Waals surface area contributed by atoms with Gasteiger partial charge in [-0.15, -0.1) is 0 Å². The predicted octanol–water partition coefficient (Wildman–Crippen LogP) is 8.45. The fraction of sp³-hybridized carbons (Fsp3) is 0.417. The lowest BCUT2D eigenvalue weighted by Crippen LogP contribution is -2.50. The third kappa shape index (κ3) is 4.92. The molecule has 0 aromatic heterocycles. The number of imide groups is 1. The molecule has 42 heavy (non-hydrogen) atoms. The van der Waals surface area contributed by atoms with E-state index in [0.29, 0.717) is 17.8 Å². The van der Waals surface area contributed by atoms with Crippen molar-refractivity contribution >= 4 is 45.0 Å². The van der Waals surface area contributed by atoms with Crippen molar-refractivity contribution in [1.82, 2.24) is 0 Å². The highest BCUT2D eigenvalue weighted by atomic mass is 79.9. The fourth-order valence-corrected chi connectivity index (χ4v) is 8.65. The van der Waals surface area contributed by atoms with E-state index in [1.165, 1.54) is 49.8 Å². The van der Waals surface area contributed by atoms with E-state index in [0.717, 1.165) is 35.1 Å². The summed E-state index contributed by atoms with van der Waals surface area (Å²) in [5.41, 5.74) is 5.59. The molecular weight excluding hydrogens is 588 g/mol. The zero-order valence-electron chi connectivity index (χ0n) is 24.3. The van der Waals surface area contributed by atoms with Crippen molar-refractivity contribution in [2.45, 2.75) is 81.4 Å². The minimum Gasteiger partial charge on any atom is -0.326 e. The number of halogens is 1. The van der Waals surface area contributed by atoms with E-state index < -0.39 is 16.2 Å². The Morgan fingerprint density at radius 1 is 0.762 bits per heavy atom. The highest BCUT2D eigenvalue weighted by molar-refractivity contribution is 9.09. The van der Waals surface area contributed by atoms with Crippen molar-refractivity contribution in [3.8, 4) is 0 Å². The Kier molecular flexibility index (Phi) is 8.35. The van der Waals surface area contributed by atoms with Crippen LogP contribution in [0.1, 0.15) is 99.3 Å². The molecule has 0 spiro atoms. The summed E-state index contributed by atoms with van der Waals surface area (Å²) in [5.74, 6) is -1.52. The maximum Gasteiger partial charge on any atom is 0.239 e. The number of hydrogen-bond acceptors (Lipinski definition) is 3. The summed E-state index contributed by atoms with van der Waals surface area (Å²) in [5, 5.41) is 2.98. The molecule has 0 saturated carbocycles. The standard InChI is InChI=1S/C36H39BrN2O3/c1-2-3-4-5-6-7-8-9-10-19-30(40)38-24-20-22-25(23-21-24)39-34(41)32-31-26-15-11-13-17-28(26)36(37,33(32)35(39)42)29-18-14-12-16-27(29)31/h11-18,20-23,31-33H,2-10,19H2,1H3,(H,38,40)/t31?,32-,33-,36?/m1/s1. The molecule has 0 radical (unpaired) electrons. The molecule has 5 nitrogen and oxygen atoms in total. The van der Waals surface area contributed by atoms with Crippen LogP contribution in [0.4, 0.5) is 11.4 Å². The van der Waals surface area contributed by atoms with E-state index in [9.17, 15) is 14.4 Å². The molecule has 3 amide bonds.